The van der Waals surface area contributed by atoms with Crippen molar-refractivity contribution in [2.24, 2.45) is 0 Å². The number of amides is 1. The van der Waals surface area contributed by atoms with E-state index >= 15 is 0 Å². The molecule has 0 aliphatic carbocycles. The van der Waals surface area contributed by atoms with Crippen LogP contribution in [0.15, 0.2) is 48.5 Å². The van der Waals surface area contributed by atoms with Gasteiger partial charge in [0.15, 0.2) is 0 Å². The molecule has 2 aromatic rings. The number of rotatable bonds is 5. The zero-order valence-corrected chi connectivity index (χ0v) is 13.6. The Hall–Kier alpha value is -2.62. The number of hydrogen-bond donors (Lipinski definition) is 1. The van der Waals surface area contributed by atoms with Crippen molar-refractivity contribution in [3.8, 4) is 5.75 Å². The van der Waals surface area contributed by atoms with Crippen molar-refractivity contribution in [2.45, 2.75) is 33.2 Å². The van der Waals surface area contributed by atoms with E-state index in [1.165, 1.54) is 6.92 Å². The molecule has 2 rings (SSSR count). The van der Waals surface area contributed by atoms with Crippen LogP contribution in [0.4, 0.5) is 0 Å². The van der Waals surface area contributed by atoms with E-state index in [0.29, 0.717) is 5.75 Å². The number of ether oxygens (including phenoxy) is 1. The molecule has 0 fully saturated rings. The van der Waals surface area contributed by atoms with E-state index in [2.05, 4.69) is 5.32 Å². The van der Waals surface area contributed by atoms with E-state index < -0.39 is 6.04 Å². The lowest BCUT2D eigenvalue weighted by Gasteiger charge is -2.17. The highest BCUT2D eigenvalue weighted by Crippen LogP contribution is 2.20. The van der Waals surface area contributed by atoms with Crippen molar-refractivity contribution in [1.29, 1.82) is 0 Å². The van der Waals surface area contributed by atoms with Gasteiger partial charge in [0.2, 0.25) is 5.91 Å². The lowest BCUT2D eigenvalue weighted by molar-refractivity contribution is -0.135. The quantitative estimate of drug-likeness (QED) is 0.679. The smallest absolute Gasteiger partial charge is 0.313 e. The average molecular weight is 311 g/mol. The summed E-state index contributed by atoms with van der Waals surface area (Å²) >= 11 is 0. The second-order valence-electron chi connectivity index (χ2n) is 5.59. The Morgan fingerprint density at radius 3 is 2.35 bits per heavy atom. The molecule has 4 nitrogen and oxygen atoms in total. The Morgan fingerprint density at radius 2 is 1.74 bits per heavy atom. The molecule has 0 spiro atoms. The fourth-order valence-electron chi connectivity index (χ4n) is 2.30. The number of benzene rings is 2. The van der Waals surface area contributed by atoms with Crippen LogP contribution >= 0.6 is 0 Å². The van der Waals surface area contributed by atoms with Crippen LogP contribution in [0.1, 0.15) is 36.1 Å². The molecule has 1 atom stereocenters. The van der Waals surface area contributed by atoms with Crippen molar-refractivity contribution in [3.05, 3.63) is 65.2 Å². The third-order valence-corrected chi connectivity index (χ3v) is 3.66. The molecular formula is C19H21NO3. The van der Waals surface area contributed by atoms with Gasteiger partial charge in [-0.1, -0.05) is 36.4 Å². The lowest BCUT2D eigenvalue weighted by atomic mass is 10.0. The molecule has 0 aromatic heterocycles. The molecule has 4 heteroatoms. The van der Waals surface area contributed by atoms with E-state index in [9.17, 15) is 9.59 Å². The van der Waals surface area contributed by atoms with Crippen LogP contribution < -0.4 is 10.1 Å². The maximum absolute atomic E-state index is 12.2. The first-order valence-electron chi connectivity index (χ1n) is 7.55. The normalized spacial score (nSPS) is 11.6. The highest BCUT2D eigenvalue weighted by molar-refractivity contribution is 5.77. The number of carbonyl (C=O) groups excluding carboxylic acids is 2. The third-order valence-electron chi connectivity index (χ3n) is 3.66. The van der Waals surface area contributed by atoms with Crippen molar-refractivity contribution in [2.75, 3.05) is 0 Å². The average Bonchev–Trinajstić information content (AvgIpc) is 2.51. The zero-order chi connectivity index (χ0) is 16.8. The number of nitrogens with one attached hydrogen (secondary N) is 1. The Morgan fingerprint density at radius 1 is 1.04 bits per heavy atom. The van der Waals surface area contributed by atoms with E-state index in [1.807, 2.05) is 56.3 Å². The van der Waals surface area contributed by atoms with Crippen LogP contribution in [0.3, 0.4) is 0 Å². The molecule has 0 bridgehead atoms. The lowest BCUT2D eigenvalue weighted by Crippen LogP contribution is -2.29. The highest BCUT2D eigenvalue weighted by atomic mass is 16.5. The van der Waals surface area contributed by atoms with Crippen LogP contribution in [-0.2, 0) is 9.59 Å². The fraction of sp³-hybridized carbons (Fsp3) is 0.263. The van der Waals surface area contributed by atoms with E-state index in [1.54, 1.807) is 6.07 Å². The second kappa shape index (κ2) is 7.58. The SMILES string of the molecule is CC(=O)N[C@@H](CC(=O)Oc1ccc(C)c(C)c1)c1ccccc1. The van der Waals surface area contributed by atoms with Gasteiger partial charge in [-0.3, -0.25) is 9.59 Å². The number of hydrogen-bond acceptors (Lipinski definition) is 3. The largest absolute Gasteiger partial charge is 0.426 e. The molecule has 2 aromatic carbocycles. The minimum absolute atomic E-state index is 0.0799. The summed E-state index contributed by atoms with van der Waals surface area (Å²) in [5.41, 5.74) is 3.08. The predicted octanol–water partition coefficient (Wildman–Crippen LogP) is 3.48. The van der Waals surface area contributed by atoms with Gasteiger partial charge in [0.25, 0.3) is 0 Å². The van der Waals surface area contributed by atoms with Gasteiger partial charge in [0, 0.05) is 6.92 Å². The van der Waals surface area contributed by atoms with Crippen LogP contribution in [0.5, 0.6) is 5.75 Å². The molecule has 0 saturated heterocycles. The third kappa shape index (κ3) is 4.95. The fourth-order valence-corrected chi connectivity index (χ4v) is 2.30. The van der Waals surface area contributed by atoms with Gasteiger partial charge in [0.05, 0.1) is 12.5 Å². The number of carbonyl (C=O) groups is 2. The highest BCUT2D eigenvalue weighted by Gasteiger charge is 2.18. The maximum Gasteiger partial charge on any atom is 0.313 e. The molecular weight excluding hydrogens is 290 g/mol. The molecule has 23 heavy (non-hydrogen) atoms. The van der Waals surface area contributed by atoms with Crippen molar-refractivity contribution >= 4 is 11.9 Å². The van der Waals surface area contributed by atoms with Gasteiger partial charge in [0.1, 0.15) is 5.75 Å². The summed E-state index contributed by atoms with van der Waals surface area (Å²) in [7, 11) is 0. The second-order valence-corrected chi connectivity index (χ2v) is 5.59. The molecule has 120 valence electrons. The van der Waals surface area contributed by atoms with E-state index in [4.69, 9.17) is 4.74 Å². The Kier molecular flexibility index (Phi) is 5.52. The number of aryl methyl sites for hydroxylation is 2. The molecule has 0 saturated carbocycles. The standard InChI is InChI=1S/C19H21NO3/c1-13-9-10-17(11-14(13)2)23-19(22)12-18(20-15(3)21)16-7-5-4-6-8-16/h4-11,18H,12H2,1-3H3,(H,20,21)/t18-/m0/s1. The van der Waals surface area contributed by atoms with Crippen LogP contribution in [0.25, 0.3) is 0 Å². The summed E-state index contributed by atoms with van der Waals surface area (Å²) < 4.78 is 5.39. The van der Waals surface area contributed by atoms with E-state index in [0.717, 1.165) is 16.7 Å². The first-order valence-corrected chi connectivity index (χ1v) is 7.55. The molecule has 0 radical (unpaired) electrons. The molecule has 1 amide bonds. The molecule has 0 aliphatic heterocycles. The summed E-state index contributed by atoms with van der Waals surface area (Å²) in [4.78, 5) is 23.6. The summed E-state index contributed by atoms with van der Waals surface area (Å²) in [5.74, 6) is -0.0403. The van der Waals surface area contributed by atoms with Crippen LogP contribution in [-0.4, -0.2) is 11.9 Å². The summed E-state index contributed by atoms with van der Waals surface area (Å²) in [6, 6.07) is 14.5. The molecule has 0 aliphatic rings. The van der Waals surface area contributed by atoms with Gasteiger partial charge in [-0.15, -0.1) is 0 Å². The first kappa shape index (κ1) is 16.7. The maximum atomic E-state index is 12.2. The van der Waals surface area contributed by atoms with Gasteiger partial charge in [-0.05, 0) is 42.7 Å². The predicted molar refractivity (Wildman–Crippen MR) is 89.2 cm³/mol. The minimum atomic E-state index is -0.396. The first-order chi connectivity index (χ1) is 11.0. The summed E-state index contributed by atoms with van der Waals surface area (Å²) in [6.07, 6.45) is 0.0799. The summed E-state index contributed by atoms with van der Waals surface area (Å²) in [5, 5.41) is 2.79. The Labute approximate surface area is 136 Å². The van der Waals surface area contributed by atoms with Gasteiger partial charge in [-0.25, -0.2) is 0 Å². The Bertz CT molecular complexity index is 695. The van der Waals surface area contributed by atoms with E-state index in [-0.39, 0.29) is 18.3 Å². The Balaban J connectivity index is 2.08. The van der Waals surface area contributed by atoms with Crippen molar-refractivity contribution in [3.63, 3.8) is 0 Å². The number of esters is 1. The monoisotopic (exact) mass is 311 g/mol. The van der Waals surface area contributed by atoms with Crippen molar-refractivity contribution in [1.82, 2.24) is 5.32 Å². The summed E-state index contributed by atoms with van der Waals surface area (Å²) in [6.45, 7) is 5.41. The van der Waals surface area contributed by atoms with Crippen LogP contribution in [0.2, 0.25) is 0 Å². The molecule has 1 N–H and O–H groups in total. The minimum Gasteiger partial charge on any atom is -0.426 e. The molecule has 0 unspecified atom stereocenters. The van der Waals surface area contributed by atoms with Gasteiger partial charge in [-0.2, -0.15) is 0 Å². The van der Waals surface area contributed by atoms with Crippen LogP contribution in [0, 0.1) is 13.8 Å². The molecule has 0 heterocycles. The van der Waals surface area contributed by atoms with Gasteiger partial charge >= 0.3 is 5.97 Å². The zero-order valence-electron chi connectivity index (χ0n) is 13.6. The van der Waals surface area contributed by atoms with Gasteiger partial charge < -0.3 is 10.1 Å². The topological polar surface area (TPSA) is 55.4 Å². The van der Waals surface area contributed by atoms with Crippen molar-refractivity contribution < 1.29 is 14.3 Å².